The molecule has 0 radical (unpaired) electrons. The molecule has 0 spiro atoms. The molecule has 0 bridgehead atoms. The van der Waals surface area contributed by atoms with Gasteiger partial charge >= 0.3 is 5.97 Å². The average molecular weight is 278 g/mol. The maximum atomic E-state index is 12.1. The van der Waals surface area contributed by atoms with Crippen molar-refractivity contribution in [3.05, 3.63) is 23.9 Å². The van der Waals surface area contributed by atoms with Gasteiger partial charge in [-0.2, -0.15) is 0 Å². The van der Waals surface area contributed by atoms with E-state index in [-0.39, 0.29) is 23.6 Å². The van der Waals surface area contributed by atoms with Crippen LogP contribution in [0.4, 0.5) is 0 Å². The Morgan fingerprint density at radius 2 is 2.25 bits per heavy atom. The molecule has 1 heterocycles. The van der Waals surface area contributed by atoms with Crippen molar-refractivity contribution in [3.63, 3.8) is 0 Å². The third-order valence-corrected chi connectivity index (χ3v) is 3.77. The number of carbonyl (C=O) groups excluding carboxylic acids is 1. The molecule has 1 saturated carbocycles. The number of aromatic nitrogens is 1. The Balaban J connectivity index is 1.99. The molecular formula is C14H18N2O4. The second-order valence-corrected chi connectivity index (χ2v) is 5.17. The molecule has 0 saturated heterocycles. The number of amides is 1. The van der Waals surface area contributed by atoms with Gasteiger partial charge in [0, 0.05) is 12.7 Å². The molecule has 1 fully saturated rings. The van der Waals surface area contributed by atoms with Crippen LogP contribution < -0.4 is 10.1 Å². The summed E-state index contributed by atoms with van der Waals surface area (Å²) in [4.78, 5) is 27.0. The molecule has 6 heteroatoms. The van der Waals surface area contributed by atoms with Crippen LogP contribution >= 0.6 is 0 Å². The molecular weight excluding hydrogens is 260 g/mol. The summed E-state index contributed by atoms with van der Waals surface area (Å²) in [5, 5.41) is 11.7. The SMILES string of the molecule is COc1ncccc1C(=O)NCC1(CC(=O)O)CCC1. The Morgan fingerprint density at radius 3 is 2.80 bits per heavy atom. The molecule has 1 aliphatic rings. The maximum absolute atomic E-state index is 12.1. The molecule has 1 aliphatic carbocycles. The van der Waals surface area contributed by atoms with Gasteiger partial charge in [0.1, 0.15) is 5.56 Å². The Morgan fingerprint density at radius 1 is 1.50 bits per heavy atom. The molecule has 0 unspecified atom stereocenters. The van der Waals surface area contributed by atoms with E-state index in [4.69, 9.17) is 9.84 Å². The molecule has 2 N–H and O–H groups in total. The number of ether oxygens (including phenoxy) is 1. The van der Waals surface area contributed by atoms with Crippen LogP contribution in [0.2, 0.25) is 0 Å². The van der Waals surface area contributed by atoms with Crippen LogP contribution in [0, 0.1) is 5.41 Å². The van der Waals surface area contributed by atoms with Crippen LogP contribution in [-0.2, 0) is 4.79 Å². The number of methoxy groups -OCH3 is 1. The van der Waals surface area contributed by atoms with Crippen LogP contribution in [0.5, 0.6) is 5.88 Å². The van der Waals surface area contributed by atoms with E-state index in [0.29, 0.717) is 12.1 Å². The first kappa shape index (κ1) is 14.3. The van der Waals surface area contributed by atoms with Gasteiger partial charge < -0.3 is 15.2 Å². The molecule has 6 nitrogen and oxygen atoms in total. The Hall–Kier alpha value is -2.11. The van der Waals surface area contributed by atoms with E-state index in [1.165, 1.54) is 7.11 Å². The summed E-state index contributed by atoms with van der Waals surface area (Å²) >= 11 is 0. The van der Waals surface area contributed by atoms with Crippen molar-refractivity contribution >= 4 is 11.9 Å². The van der Waals surface area contributed by atoms with Crippen molar-refractivity contribution < 1.29 is 19.4 Å². The number of nitrogens with zero attached hydrogens (tertiary/aromatic N) is 1. The number of rotatable bonds is 6. The van der Waals surface area contributed by atoms with Crippen molar-refractivity contribution in [2.75, 3.05) is 13.7 Å². The van der Waals surface area contributed by atoms with Gasteiger partial charge in [-0.25, -0.2) is 4.98 Å². The normalized spacial score (nSPS) is 16.1. The summed E-state index contributed by atoms with van der Waals surface area (Å²) < 4.78 is 5.04. The molecule has 2 rings (SSSR count). The Bertz CT molecular complexity index is 512. The fraction of sp³-hybridized carbons (Fsp3) is 0.500. The summed E-state index contributed by atoms with van der Waals surface area (Å²) in [6, 6.07) is 3.29. The lowest BCUT2D eigenvalue weighted by molar-refractivity contribution is -0.141. The third-order valence-electron chi connectivity index (χ3n) is 3.77. The van der Waals surface area contributed by atoms with E-state index in [2.05, 4.69) is 10.3 Å². The summed E-state index contributed by atoms with van der Waals surface area (Å²) in [5.41, 5.74) is 0.0662. The fourth-order valence-corrected chi connectivity index (χ4v) is 2.50. The smallest absolute Gasteiger partial charge is 0.303 e. The Kier molecular flexibility index (Phi) is 4.22. The molecule has 0 atom stereocenters. The van der Waals surface area contributed by atoms with Crippen LogP contribution in [-0.4, -0.2) is 35.6 Å². The maximum Gasteiger partial charge on any atom is 0.303 e. The highest BCUT2D eigenvalue weighted by Crippen LogP contribution is 2.43. The zero-order chi connectivity index (χ0) is 14.6. The van der Waals surface area contributed by atoms with Crippen LogP contribution in [0.25, 0.3) is 0 Å². The van der Waals surface area contributed by atoms with Gasteiger partial charge in [0.15, 0.2) is 0 Å². The highest BCUT2D eigenvalue weighted by molar-refractivity contribution is 5.96. The van der Waals surface area contributed by atoms with Crippen molar-refractivity contribution in [1.82, 2.24) is 10.3 Å². The number of nitrogens with one attached hydrogen (secondary N) is 1. The molecule has 1 aromatic rings. The lowest BCUT2D eigenvalue weighted by Gasteiger charge is -2.40. The zero-order valence-electron chi connectivity index (χ0n) is 11.4. The van der Waals surface area contributed by atoms with Gasteiger partial charge in [-0.3, -0.25) is 9.59 Å². The van der Waals surface area contributed by atoms with Crippen molar-refractivity contribution in [2.24, 2.45) is 5.41 Å². The van der Waals surface area contributed by atoms with Crippen LogP contribution in [0.15, 0.2) is 18.3 Å². The molecule has 108 valence electrons. The molecule has 1 aromatic heterocycles. The van der Waals surface area contributed by atoms with E-state index in [9.17, 15) is 9.59 Å². The van der Waals surface area contributed by atoms with Gasteiger partial charge in [-0.05, 0) is 30.4 Å². The third kappa shape index (κ3) is 3.07. The van der Waals surface area contributed by atoms with E-state index >= 15 is 0 Å². The summed E-state index contributed by atoms with van der Waals surface area (Å²) in [6.45, 7) is 0.371. The summed E-state index contributed by atoms with van der Waals surface area (Å²) in [5.74, 6) is -0.838. The van der Waals surface area contributed by atoms with Crippen molar-refractivity contribution in [1.29, 1.82) is 0 Å². The summed E-state index contributed by atoms with van der Waals surface area (Å²) in [7, 11) is 1.46. The summed E-state index contributed by atoms with van der Waals surface area (Å²) in [6.07, 6.45) is 4.33. The largest absolute Gasteiger partial charge is 0.481 e. The fourth-order valence-electron chi connectivity index (χ4n) is 2.50. The van der Waals surface area contributed by atoms with Gasteiger partial charge in [0.25, 0.3) is 5.91 Å². The van der Waals surface area contributed by atoms with Gasteiger partial charge in [-0.1, -0.05) is 6.42 Å². The second kappa shape index (κ2) is 5.90. The van der Waals surface area contributed by atoms with E-state index in [1.807, 2.05) is 0 Å². The number of carboxylic acids is 1. The van der Waals surface area contributed by atoms with Crippen molar-refractivity contribution in [2.45, 2.75) is 25.7 Å². The highest BCUT2D eigenvalue weighted by atomic mass is 16.5. The predicted molar refractivity (Wildman–Crippen MR) is 71.7 cm³/mol. The highest BCUT2D eigenvalue weighted by Gasteiger charge is 2.39. The van der Waals surface area contributed by atoms with E-state index in [1.54, 1.807) is 18.3 Å². The molecule has 0 aromatic carbocycles. The first-order chi connectivity index (χ1) is 9.56. The minimum absolute atomic E-state index is 0.0947. The van der Waals surface area contributed by atoms with Crippen LogP contribution in [0.1, 0.15) is 36.0 Å². The number of hydrogen-bond acceptors (Lipinski definition) is 4. The van der Waals surface area contributed by atoms with E-state index in [0.717, 1.165) is 19.3 Å². The minimum Gasteiger partial charge on any atom is -0.481 e. The molecule has 20 heavy (non-hydrogen) atoms. The number of carboxylic acid groups (broad SMARTS) is 1. The predicted octanol–water partition coefficient (Wildman–Crippen LogP) is 1.46. The quantitative estimate of drug-likeness (QED) is 0.822. The topological polar surface area (TPSA) is 88.5 Å². The van der Waals surface area contributed by atoms with Gasteiger partial charge in [-0.15, -0.1) is 0 Å². The van der Waals surface area contributed by atoms with Gasteiger partial charge in [0.2, 0.25) is 5.88 Å². The first-order valence-electron chi connectivity index (χ1n) is 6.55. The molecule has 1 amide bonds. The average Bonchev–Trinajstić information content (AvgIpc) is 2.40. The number of pyridine rings is 1. The number of hydrogen-bond donors (Lipinski definition) is 2. The van der Waals surface area contributed by atoms with Crippen LogP contribution in [0.3, 0.4) is 0 Å². The minimum atomic E-state index is -0.821. The van der Waals surface area contributed by atoms with E-state index < -0.39 is 5.97 Å². The zero-order valence-corrected chi connectivity index (χ0v) is 11.4. The number of carbonyl (C=O) groups is 2. The Labute approximate surface area is 117 Å². The monoisotopic (exact) mass is 278 g/mol. The van der Waals surface area contributed by atoms with Crippen molar-refractivity contribution in [3.8, 4) is 5.88 Å². The molecule has 0 aliphatic heterocycles. The number of aliphatic carboxylic acids is 1. The lowest BCUT2D eigenvalue weighted by atomic mass is 9.66. The standard InChI is InChI=1S/C14H18N2O4/c1-20-13-10(4-2-7-15-13)12(19)16-9-14(5-3-6-14)8-11(17)18/h2,4,7H,3,5-6,8-9H2,1H3,(H,16,19)(H,17,18). The lowest BCUT2D eigenvalue weighted by Crippen LogP contribution is -2.43. The second-order valence-electron chi connectivity index (χ2n) is 5.17. The first-order valence-corrected chi connectivity index (χ1v) is 6.55. The van der Waals surface area contributed by atoms with Gasteiger partial charge in [0.05, 0.1) is 13.5 Å².